The topological polar surface area (TPSA) is 49.8 Å². The van der Waals surface area contributed by atoms with Crippen molar-refractivity contribution >= 4 is 27.6 Å². The van der Waals surface area contributed by atoms with E-state index < -0.39 is 0 Å². The van der Waals surface area contributed by atoms with Gasteiger partial charge in [-0.3, -0.25) is 0 Å². The van der Waals surface area contributed by atoms with E-state index in [4.69, 9.17) is 0 Å². The van der Waals surface area contributed by atoms with Crippen LogP contribution in [-0.2, 0) is 0 Å². The van der Waals surface area contributed by atoms with Crippen LogP contribution in [0.1, 0.15) is 19.3 Å². The molecule has 18 heavy (non-hydrogen) atoms. The normalized spacial score (nSPS) is 39.6. The molecule has 4 unspecified atom stereocenters. The maximum atomic E-state index is 4.36. The average Bonchev–Trinajstić information content (AvgIpc) is 2.79. The molecule has 3 fully saturated rings. The summed E-state index contributed by atoms with van der Waals surface area (Å²) in [6.07, 6.45) is 6.01. The molecule has 0 aliphatic heterocycles. The van der Waals surface area contributed by atoms with Crippen molar-refractivity contribution in [2.75, 3.05) is 17.7 Å². The first kappa shape index (κ1) is 11.0. The molecule has 1 aromatic heterocycles. The second-order valence-corrected chi connectivity index (χ2v) is 6.59. The molecule has 0 amide bonds. The van der Waals surface area contributed by atoms with E-state index in [1.807, 2.05) is 7.05 Å². The molecule has 1 heterocycles. The van der Waals surface area contributed by atoms with Gasteiger partial charge in [-0.15, -0.1) is 0 Å². The van der Waals surface area contributed by atoms with Crippen LogP contribution in [0.3, 0.4) is 0 Å². The maximum Gasteiger partial charge on any atom is 0.146 e. The number of nitrogens with zero attached hydrogens (tertiary/aromatic N) is 2. The molecular formula is C13H17BrN4. The maximum absolute atomic E-state index is 4.36. The van der Waals surface area contributed by atoms with Crippen molar-refractivity contribution in [3.05, 3.63) is 10.8 Å². The second-order valence-electron chi connectivity index (χ2n) is 5.79. The summed E-state index contributed by atoms with van der Waals surface area (Å²) < 4.78 is 0.949. The number of hydrogen-bond acceptors (Lipinski definition) is 4. The number of aromatic nitrogens is 2. The molecule has 5 heteroatoms. The van der Waals surface area contributed by atoms with Gasteiger partial charge in [-0.2, -0.15) is 0 Å². The molecule has 3 saturated carbocycles. The standard InChI is InChI=1S/C13H17BrN4/c1-15-12-10(14)13(17-5-16-12)18-11-8-6-2-3-7(4-6)9(8)11/h5-9,11H,2-4H2,1H3,(H2,15,16,17,18). The minimum absolute atomic E-state index is 0.659. The number of hydrogen-bond donors (Lipinski definition) is 2. The number of fused-ring (bicyclic) bond motifs is 5. The van der Waals surface area contributed by atoms with Gasteiger partial charge in [-0.05, 0) is 58.9 Å². The van der Waals surface area contributed by atoms with E-state index in [2.05, 4.69) is 36.5 Å². The Morgan fingerprint density at radius 1 is 1.17 bits per heavy atom. The van der Waals surface area contributed by atoms with E-state index >= 15 is 0 Å². The summed E-state index contributed by atoms with van der Waals surface area (Å²) in [6.45, 7) is 0. The first-order valence-electron chi connectivity index (χ1n) is 6.74. The summed E-state index contributed by atoms with van der Waals surface area (Å²) in [4.78, 5) is 8.55. The molecule has 0 aromatic carbocycles. The van der Waals surface area contributed by atoms with Crippen molar-refractivity contribution in [3.63, 3.8) is 0 Å². The number of nitrogens with one attached hydrogen (secondary N) is 2. The Bertz CT molecular complexity index is 476. The highest BCUT2D eigenvalue weighted by Gasteiger charge is 2.65. The van der Waals surface area contributed by atoms with E-state index in [0.29, 0.717) is 6.04 Å². The highest BCUT2D eigenvalue weighted by atomic mass is 79.9. The Morgan fingerprint density at radius 3 is 2.50 bits per heavy atom. The summed E-state index contributed by atoms with van der Waals surface area (Å²) in [5.41, 5.74) is 0. The van der Waals surface area contributed by atoms with Crippen LogP contribution in [0.5, 0.6) is 0 Å². The molecule has 4 nitrogen and oxygen atoms in total. The minimum Gasteiger partial charge on any atom is -0.372 e. The molecule has 96 valence electrons. The van der Waals surface area contributed by atoms with Gasteiger partial charge in [0.05, 0.1) is 0 Å². The predicted octanol–water partition coefficient (Wildman–Crippen LogP) is 2.74. The van der Waals surface area contributed by atoms with Gasteiger partial charge in [0.15, 0.2) is 0 Å². The molecule has 3 aliphatic carbocycles. The molecular weight excluding hydrogens is 292 g/mol. The lowest BCUT2D eigenvalue weighted by atomic mass is 10.0. The largest absolute Gasteiger partial charge is 0.372 e. The summed E-state index contributed by atoms with van der Waals surface area (Å²) in [5.74, 6) is 5.60. The average molecular weight is 309 g/mol. The highest BCUT2D eigenvalue weighted by Crippen LogP contribution is 2.66. The molecule has 0 saturated heterocycles. The third-order valence-corrected chi connectivity index (χ3v) is 5.82. The van der Waals surface area contributed by atoms with Crippen molar-refractivity contribution < 1.29 is 0 Å². The molecule has 0 spiro atoms. The molecule has 0 radical (unpaired) electrons. The van der Waals surface area contributed by atoms with Crippen LogP contribution >= 0.6 is 15.9 Å². The Kier molecular flexibility index (Phi) is 2.34. The third kappa shape index (κ3) is 1.43. The number of halogens is 1. The Morgan fingerprint density at radius 2 is 1.83 bits per heavy atom. The van der Waals surface area contributed by atoms with Gasteiger partial charge in [0.1, 0.15) is 22.4 Å². The summed E-state index contributed by atoms with van der Waals surface area (Å²) in [6, 6.07) is 0.659. The van der Waals surface area contributed by atoms with E-state index in [1.54, 1.807) is 6.33 Å². The quantitative estimate of drug-likeness (QED) is 0.901. The zero-order valence-corrected chi connectivity index (χ0v) is 11.9. The summed E-state index contributed by atoms with van der Waals surface area (Å²) in [7, 11) is 1.88. The monoisotopic (exact) mass is 308 g/mol. The highest BCUT2D eigenvalue weighted by molar-refractivity contribution is 9.10. The molecule has 3 aliphatic rings. The van der Waals surface area contributed by atoms with Crippen molar-refractivity contribution in [1.82, 2.24) is 9.97 Å². The Balaban J connectivity index is 1.54. The lowest BCUT2D eigenvalue weighted by Crippen LogP contribution is -2.14. The molecule has 4 atom stereocenters. The van der Waals surface area contributed by atoms with Gasteiger partial charge in [0, 0.05) is 13.1 Å². The minimum atomic E-state index is 0.659. The van der Waals surface area contributed by atoms with E-state index in [-0.39, 0.29) is 0 Å². The number of anilines is 2. The Hall–Kier alpha value is -0.840. The predicted molar refractivity (Wildman–Crippen MR) is 74.5 cm³/mol. The van der Waals surface area contributed by atoms with E-state index in [1.165, 1.54) is 19.3 Å². The van der Waals surface area contributed by atoms with E-state index in [9.17, 15) is 0 Å². The van der Waals surface area contributed by atoms with Gasteiger partial charge in [-0.25, -0.2) is 9.97 Å². The lowest BCUT2D eigenvalue weighted by Gasteiger charge is -2.13. The van der Waals surface area contributed by atoms with Crippen LogP contribution in [0.25, 0.3) is 0 Å². The third-order valence-electron chi connectivity index (χ3n) is 5.06. The summed E-state index contributed by atoms with van der Waals surface area (Å²) in [5, 5.41) is 6.70. The summed E-state index contributed by atoms with van der Waals surface area (Å²) >= 11 is 3.57. The van der Waals surface area contributed by atoms with Crippen LogP contribution in [0.4, 0.5) is 11.6 Å². The molecule has 1 aromatic rings. The lowest BCUT2D eigenvalue weighted by molar-refractivity contribution is 0.456. The molecule has 4 rings (SSSR count). The first-order valence-corrected chi connectivity index (χ1v) is 7.53. The van der Waals surface area contributed by atoms with Crippen LogP contribution in [0, 0.1) is 23.7 Å². The fourth-order valence-electron chi connectivity index (χ4n) is 4.32. The zero-order chi connectivity index (χ0) is 12.3. The van der Waals surface area contributed by atoms with Gasteiger partial charge < -0.3 is 10.6 Å². The van der Waals surface area contributed by atoms with Gasteiger partial charge in [-0.1, -0.05) is 0 Å². The molecule has 2 bridgehead atoms. The van der Waals surface area contributed by atoms with Crippen LogP contribution in [-0.4, -0.2) is 23.1 Å². The first-order chi connectivity index (χ1) is 8.79. The van der Waals surface area contributed by atoms with Crippen LogP contribution in [0.2, 0.25) is 0 Å². The van der Waals surface area contributed by atoms with Crippen molar-refractivity contribution in [2.45, 2.75) is 25.3 Å². The smallest absolute Gasteiger partial charge is 0.146 e. The molecule has 2 N–H and O–H groups in total. The van der Waals surface area contributed by atoms with Gasteiger partial charge in [0.2, 0.25) is 0 Å². The van der Waals surface area contributed by atoms with Crippen molar-refractivity contribution in [3.8, 4) is 0 Å². The van der Waals surface area contributed by atoms with Crippen LogP contribution in [0.15, 0.2) is 10.8 Å². The van der Waals surface area contributed by atoms with E-state index in [0.717, 1.165) is 39.8 Å². The van der Waals surface area contributed by atoms with Crippen molar-refractivity contribution in [2.24, 2.45) is 23.7 Å². The Labute approximate surface area is 115 Å². The SMILES string of the molecule is CNc1ncnc(NC2C3C4CCC(C4)C23)c1Br. The second kappa shape index (κ2) is 3.83. The van der Waals surface area contributed by atoms with Crippen molar-refractivity contribution in [1.29, 1.82) is 0 Å². The van der Waals surface area contributed by atoms with Gasteiger partial charge in [0.25, 0.3) is 0 Å². The van der Waals surface area contributed by atoms with Crippen LogP contribution < -0.4 is 10.6 Å². The fourth-order valence-corrected chi connectivity index (χ4v) is 4.84. The fraction of sp³-hybridized carbons (Fsp3) is 0.692. The number of rotatable bonds is 3. The zero-order valence-electron chi connectivity index (χ0n) is 10.4. The van der Waals surface area contributed by atoms with Gasteiger partial charge >= 0.3 is 0 Å².